The lowest BCUT2D eigenvalue weighted by Crippen LogP contribution is -2.30. The Bertz CT molecular complexity index is 783. The smallest absolute Gasteiger partial charge is 0.265 e. The van der Waals surface area contributed by atoms with Gasteiger partial charge < -0.3 is 10.1 Å². The fourth-order valence-corrected chi connectivity index (χ4v) is 2.38. The molecule has 0 saturated carbocycles. The highest BCUT2D eigenvalue weighted by Gasteiger charge is 2.14. The summed E-state index contributed by atoms with van der Waals surface area (Å²) < 4.78 is 5.73. The van der Waals surface area contributed by atoms with Crippen LogP contribution in [0.3, 0.4) is 0 Å². The topological polar surface area (TPSA) is 38.3 Å². The Hall–Kier alpha value is -3.07. The van der Waals surface area contributed by atoms with Crippen LogP contribution in [0.2, 0.25) is 0 Å². The minimum atomic E-state index is -0.576. The summed E-state index contributed by atoms with van der Waals surface area (Å²) in [6.45, 7) is 1.74. The van der Waals surface area contributed by atoms with Crippen molar-refractivity contribution in [2.45, 2.75) is 13.0 Å². The number of nitrogens with one attached hydrogen (secondary N) is 1. The quantitative estimate of drug-likeness (QED) is 0.737. The lowest BCUT2D eigenvalue weighted by Gasteiger charge is -2.15. The number of carbonyl (C=O) groups is 1. The van der Waals surface area contributed by atoms with Gasteiger partial charge in [0, 0.05) is 5.69 Å². The lowest BCUT2D eigenvalue weighted by atomic mass is 10.1. The van der Waals surface area contributed by atoms with Crippen molar-refractivity contribution in [1.29, 1.82) is 0 Å². The van der Waals surface area contributed by atoms with E-state index in [0.717, 1.165) is 16.8 Å². The van der Waals surface area contributed by atoms with Gasteiger partial charge in [0.15, 0.2) is 6.10 Å². The number of carbonyl (C=O) groups excluding carboxylic acids is 1. The van der Waals surface area contributed by atoms with Crippen LogP contribution in [0.15, 0.2) is 84.9 Å². The molecule has 0 radical (unpaired) electrons. The number of benzene rings is 3. The maximum atomic E-state index is 12.2. The molecule has 3 heteroatoms. The molecule has 0 spiro atoms. The van der Waals surface area contributed by atoms with Crippen molar-refractivity contribution in [3.8, 4) is 16.9 Å². The van der Waals surface area contributed by atoms with Crippen LogP contribution in [0.1, 0.15) is 6.92 Å². The van der Waals surface area contributed by atoms with E-state index in [4.69, 9.17) is 4.74 Å². The third kappa shape index (κ3) is 4.02. The number of para-hydroxylation sites is 1. The van der Waals surface area contributed by atoms with Crippen molar-refractivity contribution >= 4 is 11.6 Å². The van der Waals surface area contributed by atoms with Crippen molar-refractivity contribution in [3.63, 3.8) is 0 Å². The van der Waals surface area contributed by atoms with Gasteiger partial charge in [0.05, 0.1) is 0 Å². The molecule has 24 heavy (non-hydrogen) atoms. The Morgan fingerprint density at radius 1 is 0.792 bits per heavy atom. The molecule has 0 heterocycles. The standard InChI is InChI=1S/C21H19NO2/c1-16(21(23)22-19-10-6-3-7-11-19)24-20-14-12-18(13-15-20)17-8-4-2-5-9-17/h2-16H,1H3,(H,22,23)/t16-/m1/s1. The van der Waals surface area contributed by atoms with Crippen molar-refractivity contribution in [2.75, 3.05) is 5.32 Å². The van der Waals surface area contributed by atoms with Gasteiger partial charge >= 0.3 is 0 Å². The van der Waals surface area contributed by atoms with Crippen LogP contribution in [0.4, 0.5) is 5.69 Å². The molecule has 3 aromatic carbocycles. The van der Waals surface area contributed by atoms with Gasteiger partial charge in [-0.05, 0) is 42.3 Å². The summed E-state index contributed by atoms with van der Waals surface area (Å²) in [6.07, 6.45) is -0.576. The zero-order valence-corrected chi connectivity index (χ0v) is 13.5. The summed E-state index contributed by atoms with van der Waals surface area (Å²) in [5.74, 6) is 0.499. The largest absolute Gasteiger partial charge is 0.481 e. The van der Waals surface area contributed by atoms with E-state index in [9.17, 15) is 4.79 Å². The summed E-state index contributed by atoms with van der Waals surface area (Å²) in [7, 11) is 0. The van der Waals surface area contributed by atoms with Gasteiger partial charge in [-0.1, -0.05) is 60.7 Å². The highest BCUT2D eigenvalue weighted by Crippen LogP contribution is 2.22. The van der Waals surface area contributed by atoms with E-state index in [-0.39, 0.29) is 5.91 Å². The normalized spacial score (nSPS) is 11.5. The molecular weight excluding hydrogens is 298 g/mol. The van der Waals surface area contributed by atoms with Gasteiger partial charge in [0.25, 0.3) is 5.91 Å². The molecule has 0 aliphatic rings. The highest BCUT2D eigenvalue weighted by atomic mass is 16.5. The van der Waals surface area contributed by atoms with Crippen LogP contribution in [-0.2, 0) is 4.79 Å². The molecule has 0 aromatic heterocycles. The number of anilines is 1. The highest BCUT2D eigenvalue weighted by molar-refractivity contribution is 5.94. The molecule has 0 unspecified atom stereocenters. The average molecular weight is 317 g/mol. The van der Waals surface area contributed by atoms with Gasteiger partial charge in [0.1, 0.15) is 5.75 Å². The molecule has 120 valence electrons. The van der Waals surface area contributed by atoms with E-state index < -0.39 is 6.10 Å². The first-order valence-corrected chi connectivity index (χ1v) is 7.90. The Morgan fingerprint density at radius 3 is 1.96 bits per heavy atom. The van der Waals surface area contributed by atoms with E-state index >= 15 is 0 Å². The molecule has 0 bridgehead atoms. The predicted octanol–water partition coefficient (Wildman–Crippen LogP) is 4.76. The second kappa shape index (κ2) is 7.47. The fraction of sp³-hybridized carbons (Fsp3) is 0.0952. The second-order valence-corrected chi connectivity index (χ2v) is 5.51. The maximum Gasteiger partial charge on any atom is 0.265 e. The number of amides is 1. The van der Waals surface area contributed by atoms with Crippen LogP contribution >= 0.6 is 0 Å². The van der Waals surface area contributed by atoms with Crippen LogP contribution in [0.5, 0.6) is 5.75 Å². The Balaban J connectivity index is 1.62. The molecular formula is C21H19NO2. The van der Waals surface area contributed by atoms with Gasteiger partial charge in [-0.15, -0.1) is 0 Å². The number of ether oxygens (including phenoxy) is 1. The van der Waals surface area contributed by atoms with Crippen molar-refractivity contribution in [3.05, 3.63) is 84.9 Å². The number of hydrogen-bond acceptors (Lipinski definition) is 2. The SMILES string of the molecule is C[C@@H](Oc1ccc(-c2ccccc2)cc1)C(=O)Nc1ccccc1. The summed E-state index contributed by atoms with van der Waals surface area (Å²) in [4.78, 5) is 12.2. The predicted molar refractivity (Wildman–Crippen MR) is 97.0 cm³/mol. The first-order chi connectivity index (χ1) is 11.7. The zero-order chi connectivity index (χ0) is 16.8. The average Bonchev–Trinajstić information content (AvgIpc) is 2.64. The van der Waals surface area contributed by atoms with E-state index in [1.807, 2.05) is 72.8 Å². The summed E-state index contributed by atoms with van der Waals surface area (Å²) in [5, 5.41) is 2.84. The van der Waals surface area contributed by atoms with Crippen molar-refractivity contribution < 1.29 is 9.53 Å². The molecule has 3 nitrogen and oxygen atoms in total. The van der Waals surface area contributed by atoms with Crippen molar-refractivity contribution in [1.82, 2.24) is 0 Å². The lowest BCUT2D eigenvalue weighted by molar-refractivity contribution is -0.122. The van der Waals surface area contributed by atoms with Crippen LogP contribution in [0.25, 0.3) is 11.1 Å². The Labute approximate surface area is 141 Å². The third-order valence-electron chi connectivity index (χ3n) is 3.68. The molecule has 3 aromatic rings. The van der Waals surface area contributed by atoms with Gasteiger partial charge in [-0.3, -0.25) is 4.79 Å². The van der Waals surface area contributed by atoms with Gasteiger partial charge in [-0.2, -0.15) is 0 Å². The first kappa shape index (κ1) is 15.8. The fourth-order valence-electron chi connectivity index (χ4n) is 2.38. The Kier molecular flexibility index (Phi) is 4.92. The molecule has 1 N–H and O–H groups in total. The zero-order valence-electron chi connectivity index (χ0n) is 13.5. The summed E-state index contributed by atoms with van der Waals surface area (Å²) in [5.41, 5.74) is 3.03. The summed E-state index contributed by atoms with van der Waals surface area (Å²) >= 11 is 0. The maximum absolute atomic E-state index is 12.2. The van der Waals surface area contributed by atoms with E-state index in [0.29, 0.717) is 5.75 Å². The number of hydrogen-bond donors (Lipinski definition) is 1. The van der Waals surface area contributed by atoms with Gasteiger partial charge in [-0.25, -0.2) is 0 Å². The third-order valence-corrected chi connectivity index (χ3v) is 3.68. The van der Waals surface area contributed by atoms with Crippen LogP contribution in [0, 0.1) is 0 Å². The molecule has 0 aliphatic carbocycles. The molecule has 0 saturated heterocycles. The molecule has 1 amide bonds. The van der Waals surface area contributed by atoms with E-state index in [2.05, 4.69) is 17.4 Å². The van der Waals surface area contributed by atoms with Gasteiger partial charge in [0.2, 0.25) is 0 Å². The second-order valence-electron chi connectivity index (χ2n) is 5.51. The van der Waals surface area contributed by atoms with Crippen LogP contribution in [-0.4, -0.2) is 12.0 Å². The minimum absolute atomic E-state index is 0.173. The minimum Gasteiger partial charge on any atom is -0.481 e. The molecule has 1 atom stereocenters. The Morgan fingerprint density at radius 2 is 1.33 bits per heavy atom. The molecule has 0 fully saturated rings. The number of rotatable bonds is 5. The first-order valence-electron chi connectivity index (χ1n) is 7.90. The van der Waals surface area contributed by atoms with E-state index in [1.165, 1.54) is 0 Å². The van der Waals surface area contributed by atoms with Crippen molar-refractivity contribution in [2.24, 2.45) is 0 Å². The molecule has 0 aliphatic heterocycles. The van der Waals surface area contributed by atoms with Crippen LogP contribution < -0.4 is 10.1 Å². The molecule has 3 rings (SSSR count). The monoisotopic (exact) mass is 317 g/mol. The van der Waals surface area contributed by atoms with E-state index in [1.54, 1.807) is 6.92 Å². The summed E-state index contributed by atoms with van der Waals surface area (Å²) in [6, 6.07) is 27.2.